The molecule has 2 amide bonds. The van der Waals surface area contributed by atoms with Gasteiger partial charge in [0.2, 0.25) is 11.8 Å². The van der Waals surface area contributed by atoms with Crippen LogP contribution in [0, 0.1) is 17.2 Å². The van der Waals surface area contributed by atoms with E-state index < -0.39 is 5.41 Å². The lowest BCUT2D eigenvalue weighted by molar-refractivity contribution is -0.133. The van der Waals surface area contributed by atoms with E-state index in [-0.39, 0.29) is 23.5 Å². The maximum atomic E-state index is 13.0. The predicted octanol–water partition coefficient (Wildman–Crippen LogP) is 3.37. The fourth-order valence-electron chi connectivity index (χ4n) is 4.26. The Morgan fingerprint density at radius 2 is 1.93 bits per heavy atom. The van der Waals surface area contributed by atoms with E-state index in [9.17, 15) is 14.0 Å². The summed E-state index contributed by atoms with van der Waals surface area (Å²) in [7, 11) is 0. The van der Waals surface area contributed by atoms with Crippen molar-refractivity contribution >= 4 is 11.8 Å². The number of likely N-dealkylation sites (tertiary alicyclic amines) is 1. The minimum Gasteiger partial charge on any atom is -0.369 e. The first-order valence-electron chi connectivity index (χ1n) is 9.67. The molecule has 3 rings (SSSR count). The molecule has 5 heteroatoms. The third kappa shape index (κ3) is 4.46. The monoisotopic (exact) mass is 370 g/mol. The molecule has 27 heavy (non-hydrogen) atoms. The number of primary amides is 1. The Labute approximate surface area is 159 Å². The molecule has 2 atom stereocenters. The molecule has 2 unspecified atom stereocenters. The number of nitrogens with zero attached hydrogens (tertiary/aromatic N) is 1. The molecule has 1 aliphatic heterocycles. The van der Waals surface area contributed by atoms with Gasteiger partial charge in [0.15, 0.2) is 0 Å². The van der Waals surface area contributed by atoms with Crippen molar-refractivity contribution in [3.8, 4) is 0 Å². The number of carbonyl (C=O) groups excluding carboxylic acids is 2. The predicted molar refractivity (Wildman–Crippen MR) is 103 cm³/mol. The number of hydrogen-bond acceptors (Lipinski definition) is 2. The van der Waals surface area contributed by atoms with Gasteiger partial charge in [0.05, 0.1) is 5.41 Å². The zero-order chi connectivity index (χ0) is 19.3. The van der Waals surface area contributed by atoms with E-state index in [1.54, 1.807) is 12.1 Å². The summed E-state index contributed by atoms with van der Waals surface area (Å²) in [5, 5.41) is 0. The molecule has 0 aromatic heterocycles. The van der Waals surface area contributed by atoms with Crippen LogP contribution in [-0.4, -0.2) is 29.8 Å². The van der Waals surface area contributed by atoms with Gasteiger partial charge in [-0.1, -0.05) is 36.4 Å². The first-order valence-corrected chi connectivity index (χ1v) is 9.67. The average Bonchev–Trinajstić information content (AvgIpc) is 2.92. The van der Waals surface area contributed by atoms with E-state index in [0.29, 0.717) is 38.8 Å². The summed E-state index contributed by atoms with van der Waals surface area (Å²) >= 11 is 0. The van der Waals surface area contributed by atoms with Crippen molar-refractivity contribution in [3.05, 3.63) is 60.0 Å². The molecule has 144 valence electrons. The van der Waals surface area contributed by atoms with Crippen molar-refractivity contribution in [1.82, 2.24) is 4.90 Å². The summed E-state index contributed by atoms with van der Waals surface area (Å²) in [6, 6.07) is 6.26. The largest absolute Gasteiger partial charge is 0.369 e. The second kappa shape index (κ2) is 8.51. The molecule has 2 N–H and O–H groups in total. The van der Waals surface area contributed by atoms with Gasteiger partial charge in [-0.15, -0.1) is 0 Å². The summed E-state index contributed by atoms with van der Waals surface area (Å²) in [5.74, 6) is -0.340. The van der Waals surface area contributed by atoms with E-state index in [0.717, 1.165) is 18.4 Å². The van der Waals surface area contributed by atoms with Gasteiger partial charge in [-0.3, -0.25) is 9.59 Å². The lowest BCUT2D eigenvalue weighted by atomic mass is 9.67. The average molecular weight is 370 g/mol. The van der Waals surface area contributed by atoms with Crippen LogP contribution in [0.25, 0.3) is 0 Å². The Kier molecular flexibility index (Phi) is 6.09. The van der Waals surface area contributed by atoms with Crippen LogP contribution in [-0.2, 0) is 16.0 Å². The van der Waals surface area contributed by atoms with Gasteiger partial charge in [0, 0.05) is 19.5 Å². The lowest BCUT2D eigenvalue weighted by Crippen LogP contribution is -2.44. The number of nitrogens with two attached hydrogens (primary N) is 1. The molecule has 1 aliphatic carbocycles. The molecule has 4 nitrogen and oxygen atoms in total. The van der Waals surface area contributed by atoms with E-state index in [1.807, 2.05) is 17.1 Å². The normalized spacial score (nSPS) is 25.2. The maximum Gasteiger partial charge on any atom is 0.224 e. The number of carbonyl (C=O) groups is 2. The fourth-order valence-corrected chi connectivity index (χ4v) is 4.26. The Morgan fingerprint density at radius 1 is 1.15 bits per heavy atom. The smallest absolute Gasteiger partial charge is 0.224 e. The first kappa shape index (κ1) is 19.3. The molecule has 1 fully saturated rings. The molecule has 0 spiro atoms. The zero-order valence-corrected chi connectivity index (χ0v) is 15.6. The number of amides is 2. The highest BCUT2D eigenvalue weighted by molar-refractivity contribution is 5.82. The van der Waals surface area contributed by atoms with Gasteiger partial charge >= 0.3 is 0 Å². The third-order valence-electron chi connectivity index (χ3n) is 5.95. The van der Waals surface area contributed by atoms with Crippen LogP contribution in [0.5, 0.6) is 0 Å². The molecular formula is C22H27FN2O2. The van der Waals surface area contributed by atoms with Gasteiger partial charge in [0.1, 0.15) is 5.82 Å². The van der Waals surface area contributed by atoms with Gasteiger partial charge < -0.3 is 10.6 Å². The minimum absolute atomic E-state index is 0.0821. The third-order valence-corrected chi connectivity index (χ3v) is 5.95. The Balaban J connectivity index is 1.61. The topological polar surface area (TPSA) is 63.4 Å². The maximum absolute atomic E-state index is 13.0. The Bertz CT molecular complexity index is 741. The number of aryl methyl sites for hydroxylation is 1. The van der Waals surface area contributed by atoms with Gasteiger partial charge in [-0.25, -0.2) is 4.39 Å². The van der Waals surface area contributed by atoms with Crippen molar-refractivity contribution in [2.75, 3.05) is 13.1 Å². The van der Waals surface area contributed by atoms with Gasteiger partial charge in [-0.05, 0) is 55.7 Å². The van der Waals surface area contributed by atoms with Crippen molar-refractivity contribution in [3.63, 3.8) is 0 Å². The quantitative estimate of drug-likeness (QED) is 0.864. The highest BCUT2D eigenvalue weighted by Gasteiger charge is 2.44. The van der Waals surface area contributed by atoms with E-state index in [4.69, 9.17) is 5.73 Å². The summed E-state index contributed by atoms with van der Waals surface area (Å²) in [4.78, 5) is 26.9. The van der Waals surface area contributed by atoms with Crippen molar-refractivity contribution in [2.45, 2.75) is 38.5 Å². The van der Waals surface area contributed by atoms with Crippen molar-refractivity contribution in [2.24, 2.45) is 17.1 Å². The van der Waals surface area contributed by atoms with Crippen LogP contribution < -0.4 is 5.73 Å². The van der Waals surface area contributed by atoms with E-state index in [1.165, 1.54) is 12.1 Å². The second-order valence-corrected chi connectivity index (χ2v) is 7.54. The fraction of sp³-hybridized carbons (Fsp3) is 0.455. The number of halogens is 1. The highest BCUT2D eigenvalue weighted by Crippen LogP contribution is 2.42. The number of benzene rings is 1. The number of hydrogen-bond donors (Lipinski definition) is 1. The summed E-state index contributed by atoms with van der Waals surface area (Å²) in [6.45, 7) is 1.21. The lowest BCUT2D eigenvalue weighted by Gasteiger charge is -2.36. The number of rotatable bonds is 5. The molecule has 1 aromatic rings. The van der Waals surface area contributed by atoms with Gasteiger partial charge in [0.25, 0.3) is 0 Å². The molecule has 0 saturated carbocycles. The van der Waals surface area contributed by atoms with Crippen LogP contribution in [0.1, 0.15) is 37.7 Å². The number of allylic oxidation sites excluding steroid dienone is 4. The van der Waals surface area contributed by atoms with Crippen LogP contribution in [0.3, 0.4) is 0 Å². The first-order chi connectivity index (χ1) is 13.0. The standard InChI is InChI=1S/C22H27FN2O2/c23-19-10-7-17(8-11-19)9-12-20(26)25-15-4-13-22(14-16-25,21(24)27)18-5-2-1-3-6-18/h1-3,5,7-8,10-11,18H,4,6,9,12-16H2,(H2,24,27). The SMILES string of the molecule is NC(=O)C1(C2C=CC=CC2)CCCN(C(=O)CCc2ccc(F)cc2)CC1. The Morgan fingerprint density at radius 3 is 2.59 bits per heavy atom. The minimum atomic E-state index is -0.576. The van der Waals surface area contributed by atoms with Crippen molar-refractivity contribution in [1.29, 1.82) is 0 Å². The molecule has 1 saturated heterocycles. The van der Waals surface area contributed by atoms with Gasteiger partial charge in [-0.2, -0.15) is 0 Å². The summed E-state index contributed by atoms with van der Waals surface area (Å²) in [6.07, 6.45) is 12.0. The Hall–Kier alpha value is -2.43. The van der Waals surface area contributed by atoms with E-state index >= 15 is 0 Å². The van der Waals surface area contributed by atoms with Crippen LogP contribution in [0.15, 0.2) is 48.6 Å². The summed E-state index contributed by atoms with van der Waals surface area (Å²) < 4.78 is 13.0. The highest BCUT2D eigenvalue weighted by atomic mass is 19.1. The molecule has 1 aromatic carbocycles. The molecule has 1 heterocycles. The second-order valence-electron chi connectivity index (χ2n) is 7.54. The van der Waals surface area contributed by atoms with E-state index in [2.05, 4.69) is 12.2 Å². The van der Waals surface area contributed by atoms with Crippen molar-refractivity contribution < 1.29 is 14.0 Å². The molecule has 2 aliphatic rings. The van der Waals surface area contributed by atoms with Crippen LogP contribution in [0.4, 0.5) is 4.39 Å². The molecule has 0 bridgehead atoms. The van der Waals surface area contributed by atoms with Crippen LogP contribution >= 0.6 is 0 Å². The molecule has 0 radical (unpaired) electrons. The summed E-state index contributed by atoms with van der Waals surface area (Å²) in [5.41, 5.74) is 6.21. The molecular weight excluding hydrogens is 343 g/mol. The zero-order valence-electron chi connectivity index (χ0n) is 15.6. The van der Waals surface area contributed by atoms with Crippen LogP contribution in [0.2, 0.25) is 0 Å².